The van der Waals surface area contributed by atoms with Crippen LogP contribution in [0.1, 0.15) is 24.1 Å². The highest BCUT2D eigenvalue weighted by molar-refractivity contribution is 5.47. The molecule has 1 N–H and O–H groups in total. The maximum atomic E-state index is 9.80. The van der Waals surface area contributed by atoms with Crippen LogP contribution in [0, 0.1) is 11.3 Å². The predicted molar refractivity (Wildman–Crippen MR) is 68.3 cm³/mol. The first kappa shape index (κ1) is 12.7. The maximum Gasteiger partial charge on any atom is 0.166 e. The van der Waals surface area contributed by atoms with Crippen LogP contribution in [0.15, 0.2) is 12.1 Å². The molecule has 0 saturated heterocycles. The summed E-state index contributed by atoms with van der Waals surface area (Å²) in [6, 6.07) is 6.21. The lowest BCUT2D eigenvalue weighted by Gasteiger charge is -2.42. The number of benzene rings is 1. The normalized spacial score (nSPS) is 26.2. The summed E-state index contributed by atoms with van der Waals surface area (Å²) in [4.78, 5) is 0. The summed E-state index contributed by atoms with van der Waals surface area (Å²) in [7, 11) is 3.66. The quantitative estimate of drug-likeness (QED) is 0.642. The molecule has 2 rings (SSSR count). The second-order valence-electron chi connectivity index (χ2n) is 5.17. The Kier molecular flexibility index (Phi) is 3.18. The number of quaternary nitrogens is 1. The van der Waals surface area contributed by atoms with E-state index in [-0.39, 0.29) is 11.8 Å². The van der Waals surface area contributed by atoms with Gasteiger partial charge in [0, 0.05) is 12.0 Å². The topological polar surface area (TPSA) is 53.2 Å². The first-order valence-electron chi connectivity index (χ1n) is 6.13. The molecule has 0 amide bonds. The molecule has 0 fully saturated rings. The molecule has 1 aliphatic heterocycles. The zero-order chi connectivity index (χ0) is 13.3. The van der Waals surface area contributed by atoms with Crippen molar-refractivity contribution in [2.45, 2.75) is 19.4 Å². The van der Waals surface area contributed by atoms with Crippen molar-refractivity contribution < 1.29 is 14.3 Å². The molecule has 1 heterocycles. The van der Waals surface area contributed by atoms with E-state index in [4.69, 9.17) is 10.00 Å². The lowest BCUT2D eigenvalue weighted by Crippen LogP contribution is -2.50. The van der Waals surface area contributed by atoms with E-state index in [2.05, 4.69) is 20.0 Å². The van der Waals surface area contributed by atoms with Crippen molar-refractivity contribution in [2.24, 2.45) is 0 Å². The van der Waals surface area contributed by atoms with Gasteiger partial charge in [-0.3, -0.25) is 0 Å². The fourth-order valence-electron chi connectivity index (χ4n) is 2.68. The second kappa shape index (κ2) is 4.51. The molecule has 4 heteroatoms. The van der Waals surface area contributed by atoms with Crippen molar-refractivity contribution in [1.82, 2.24) is 0 Å². The molecular formula is C14H19N2O2+. The molecule has 0 bridgehead atoms. The Morgan fingerprint density at radius 3 is 2.89 bits per heavy atom. The standard InChI is InChI=1S/C14H18N2O2/c1-10-12-9-14(18-3)13(17)8-11(12)4-6-16(10,2)7-5-15/h8-10H,4,6-7H2,1-3H3/p+1. The van der Waals surface area contributed by atoms with Crippen LogP contribution in [0.5, 0.6) is 11.5 Å². The molecule has 0 spiro atoms. The minimum atomic E-state index is 0.194. The van der Waals surface area contributed by atoms with Crippen LogP contribution in [0.25, 0.3) is 0 Å². The third-order valence-corrected chi connectivity index (χ3v) is 4.15. The summed E-state index contributed by atoms with van der Waals surface area (Å²) in [5.74, 6) is 0.700. The van der Waals surface area contributed by atoms with Crippen molar-refractivity contribution in [3.8, 4) is 17.6 Å². The number of fused-ring (bicyclic) bond motifs is 1. The van der Waals surface area contributed by atoms with Crippen LogP contribution in [0.4, 0.5) is 0 Å². The van der Waals surface area contributed by atoms with Gasteiger partial charge in [0.1, 0.15) is 12.1 Å². The van der Waals surface area contributed by atoms with Gasteiger partial charge in [-0.1, -0.05) is 0 Å². The van der Waals surface area contributed by atoms with Gasteiger partial charge < -0.3 is 14.3 Å². The minimum absolute atomic E-state index is 0.194. The van der Waals surface area contributed by atoms with E-state index in [1.807, 2.05) is 6.07 Å². The Hall–Kier alpha value is -1.73. The molecule has 0 aliphatic carbocycles. The minimum Gasteiger partial charge on any atom is -0.504 e. The molecule has 4 nitrogen and oxygen atoms in total. The zero-order valence-electron chi connectivity index (χ0n) is 11.1. The lowest BCUT2D eigenvalue weighted by molar-refractivity contribution is -0.933. The molecule has 96 valence electrons. The Labute approximate surface area is 108 Å². The molecule has 0 saturated carbocycles. The van der Waals surface area contributed by atoms with Gasteiger partial charge in [0.05, 0.1) is 20.7 Å². The van der Waals surface area contributed by atoms with Gasteiger partial charge in [0.2, 0.25) is 0 Å². The van der Waals surface area contributed by atoms with Crippen LogP contribution in [-0.4, -0.2) is 36.8 Å². The number of nitriles is 1. The molecule has 1 aliphatic rings. The number of likely N-dealkylation sites (N-methyl/N-ethyl adjacent to an activating group) is 1. The number of aromatic hydroxyl groups is 1. The fraction of sp³-hybridized carbons (Fsp3) is 0.500. The summed E-state index contributed by atoms with van der Waals surface area (Å²) in [6.45, 7) is 3.56. The predicted octanol–water partition coefficient (Wildman–Crippen LogP) is 1.99. The van der Waals surface area contributed by atoms with E-state index in [1.165, 1.54) is 5.56 Å². The van der Waals surface area contributed by atoms with Crippen LogP contribution < -0.4 is 4.74 Å². The number of phenolic OH excluding ortho intramolecular Hbond substituents is 1. The Morgan fingerprint density at radius 2 is 2.28 bits per heavy atom. The SMILES string of the molecule is COc1cc2c(cc1O)CC[N+](C)(CC#N)C2C. The van der Waals surface area contributed by atoms with E-state index >= 15 is 0 Å². The van der Waals surface area contributed by atoms with Crippen molar-refractivity contribution in [3.63, 3.8) is 0 Å². The number of hydrogen-bond donors (Lipinski definition) is 1. The summed E-state index contributed by atoms with van der Waals surface area (Å²) in [6.07, 6.45) is 0.884. The first-order valence-corrected chi connectivity index (χ1v) is 6.13. The zero-order valence-corrected chi connectivity index (χ0v) is 11.1. The first-order chi connectivity index (χ1) is 8.51. The van der Waals surface area contributed by atoms with Crippen LogP contribution in [0.3, 0.4) is 0 Å². The third kappa shape index (κ3) is 1.91. The Balaban J connectivity index is 2.46. The summed E-state index contributed by atoms with van der Waals surface area (Å²) >= 11 is 0. The average Bonchev–Trinajstić information content (AvgIpc) is 2.34. The summed E-state index contributed by atoms with van der Waals surface area (Å²) < 4.78 is 5.89. The molecule has 0 radical (unpaired) electrons. The van der Waals surface area contributed by atoms with Gasteiger partial charge in [-0.15, -0.1) is 0 Å². The van der Waals surface area contributed by atoms with Gasteiger partial charge in [-0.05, 0) is 24.6 Å². The second-order valence-corrected chi connectivity index (χ2v) is 5.17. The highest BCUT2D eigenvalue weighted by Crippen LogP contribution is 2.39. The molecule has 2 unspecified atom stereocenters. The van der Waals surface area contributed by atoms with E-state index in [1.54, 1.807) is 13.2 Å². The number of ether oxygens (including phenoxy) is 1. The molecule has 1 aromatic rings. The lowest BCUT2D eigenvalue weighted by atomic mass is 9.91. The van der Waals surface area contributed by atoms with E-state index in [0.717, 1.165) is 23.0 Å². The smallest absolute Gasteiger partial charge is 0.166 e. The summed E-state index contributed by atoms with van der Waals surface area (Å²) in [5.41, 5.74) is 2.34. The van der Waals surface area contributed by atoms with Gasteiger partial charge in [0.25, 0.3) is 0 Å². The van der Waals surface area contributed by atoms with Crippen molar-refractivity contribution >= 4 is 0 Å². The van der Waals surface area contributed by atoms with Gasteiger partial charge in [-0.2, -0.15) is 5.26 Å². The van der Waals surface area contributed by atoms with E-state index in [9.17, 15) is 5.11 Å². The number of rotatable bonds is 2. The van der Waals surface area contributed by atoms with Crippen molar-refractivity contribution in [1.29, 1.82) is 5.26 Å². The monoisotopic (exact) mass is 247 g/mol. The Morgan fingerprint density at radius 1 is 1.56 bits per heavy atom. The number of methoxy groups -OCH3 is 1. The largest absolute Gasteiger partial charge is 0.504 e. The van der Waals surface area contributed by atoms with E-state index < -0.39 is 0 Å². The molecule has 2 atom stereocenters. The van der Waals surface area contributed by atoms with Crippen molar-refractivity contribution in [2.75, 3.05) is 27.2 Å². The highest BCUT2D eigenvalue weighted by atomic mass is 16.5. The van der Waals surface area contributed by atoms with E-state index in [0.29, 0.717) is 12.3 Å². The highest BCUT2D eigenvalue weighted by Gasteiger charge is 2.36. The van der Waals surface area contributed by atoms with Crippen molar-refractivity contribution in [3.05, 3.63) is 23.3 Å². The maximum absolute atomic E-state index is 9.80. The van der Waals surface area contributed by atoms with Crippen LogP contribution >= 0.6 is 0 Å². The average molecular weight is 247 g/mol. The number of hydrogen-bond acceptors (Lipinski definition) is 3. The molecule has 18 heavy (non-hydrogen) atoms. The van der Waals surface area contributed by atoms with Gasteiger partial charge >= 0.3 is 0 Å². The number of nitrogens with zero attached hydrogens (tertiary/aromatic N) is 2. The van der Waals surface area contributed by atoms with Gasteiger partial charge in [0.15, 0.2) is 18.0 Å². The van der Waals surface area contributed by atoms with Crippen LogP contribution in [0.2, 0.25) is 0 Å². The van der Waals surface area contributed by atoms with Crippen LogP contribution in [-0.2, 0) is 6.42 Å². The molecular weight excluding hydrogens is 228 g/mol. The third-order valence-electron chi connectivity index (χ3n) is 4.15. The van der Waals surface area contributed by atoms with Gasteiger partial charge in [-0.25, -0.2) is 0 Å². The molecule has 1 aromatic carbocycles. The number of phenols is 1. The fourth-order valence-corrected chi connectivity index (χ4v) is 2.68. The Bertz CT molecular complexity index is 507. The molecule has 0 aromatic heterocycles. The summed E-state index contributed by atoms with van der Waals surface area (Å²) in [5, 5.41) is 18.8.